The Labute approximate surface area is 134 Å². The van der Waals surface area contributed by atoms with Crippen molar-refractivity contribution in [2.75, 3.05) is 5.32 Å². The highest BCUT2D eigenvalue weighted by atomic mass is 79.9. The Morgan fingerprint density at radius 1 is 1.29 bits per heavy atom. The summed E-state index contributed by atoms with van der Waals surface area (Å²) in [6.07, 6.45) is 0. The Kier molecular flexibility index (Phi) is 4.82. The SMILES string of the molecule is N/C(=N/O)c1ccccc1NC(=O)c1ccc(Cl)c(Br)c1. The van der Waals surface area contributed by atoms with Gasteiger partial charge in [0.2, 0.25) is 0 Å². The number of halogens is 2. The number of rotatable bonds is 3. The summed E-state index contributed by atoms with van der Waals surface area (Å²) in [4.78, 5) is 12.2. The minimum Gasteiger partial charge on any atom is -0.409 e. The van der Waals surface area contributed by atoms with Gasteiger partial charge in [-0.2, -0.15) is 0 Å². The molecule has 0 unspecified atom stereocenters. The first-order valence-corrected chi connectivity index (χ1v) is 7.03. The largest absolute Gasteiger partial charge is 0.409 e. The van der Waals surface area contributed by atoms with Crippen LogP contribution in [0.5, 0.6) is 0 Å². The summed E-state index contributed by atoms with van der Waals surface area (Å²) in [5.74, 6) is -0.409. The predicted octanol–water partition coefficient (Wildman–Crippen LogP) is 3.45. The Morgan fingerprint density at radius 3 is 2.67 bits per heavy atom. The third-order valence-corrected chi connectivity index (χ3v) is 3.95. The average Bonchev–Trinajstić information content (AvgIpc) is 2.49. The number of amides is 1. The third kappa shape index (κ3) is 3.53. The third-order valence-electron chi connectivity index (χ3n) is 2.74. The number of nitrogens with zero attached hydrogens (tertiary/aromatic N) is 1. The Morgan fingerprint density at radius 2 is 2.00 bits per heavy atom. The molecule has 1 amide bonds. The van der Waals surface area contributed by atoms with Gasteiger partial charge in [-0.15, -0.1) is 0 Å². The number of carbonyl (C=O) groups is 1. The first-order valence-electron chi connectivity index (χ1n) is 5.86. The standard InChI is InChI=1S/C14H11BrClN3O2/c15-10-7-8(5-6-11(10)16)14(20)18-12-4-2-1-3-9(12)13(17)19-21/h1-7,21H,(H2,17,19)(H,18,20). The summed E-state index contributed by atoms with van der Waals surface area (Å²) in [5, 5.41) is 14.9. The number of carbonyl (C=O) groups excluding carboxylic acids is 1. The van der Waals surface area contributed by atoms with Gasteiger partial charge < -0.3 is 16.3 Å². The maximum absolute atomic E-state index is 12.2. The van der Waals surface area contributed by atoms with Crippen LogP contribution >= 0.6 is 27.5 Å². The van der Waals surface area contributed by atoms with E-state index in [9.17, 15) is 4.79 Å². The molecule has 2 aromatic rings. The van der Waals surface area contributed by atoms with E-state index in [2.05, 4.69) is 26.4 Å². The molecule has 0 radical (unpaired) electrons. The highest BCUT2D eigenvalue weighted by Crippen LogP contribution is 2.24. The topological polar surface area (TPSA) is 87.7 Å². The van der Waals surface area contributed by atoms with Gasteiger partial charge in [0.25, 0.3) is 5.91 Å². The molecule has 0 fully saturated rings. The van der Waals surface area contributed by atoms with Gasteiger partial charge in [-0.1, -0.05) is 28.9 Å². The zero-order valence-electron chi connectivity index (χ0n) is 10.7. The second-order valence-electron chi connectivity index (χ2n) is 4.11. The number of amidine groups is 1. The average molecular weight is 369 g/mol. The molecule has 0 spiro atoms. The van der Waals surface area contributed by atoms with Crippen molar-refractivity contribution >= 4 is 45.0 Å². The molecule has 2 rings (SSSR count). The van der Waals surface area contributed by atoms with Gasteiger partial charge in [0.1, 0.15) is 0 Å². The lowest BCUT2D eigenvalue weighted by Gasteiger charge is -2.10. The van der Waals surface area contributed by atoms with Crippen molar-refractivity contribution in [3.63, 3.8) is 0 Å². The maximum atomic E-state index is 12.2. The van der Waals surface area contributed by atoms with Crippen LogP contribution in [0.2, 0.25) is 5.02 Å². The highest BCUT2D eigenvalue weighted by molar-refractivity contribution is 9.10. The number of anilines is 1. The van der Waals surface area contributed by atoms with Crippen molar-refractivity contribution in [2.24, 2.45) is 10.9 Å². The van der Waals surface area contributed by atoms with Crippen LogP contribution in [-0.2, 0) is 0 Å². The zero-order valence-corrected chi connectivity index (χ0v) is 13.0. The number of hydrogen-bond donors (Lipinski definition) is 3. The van der Waals surface area contributed by atoms with E-state index < -0.39 is 0 Å². The van der Waals surface area contributed by atoms with Crippen LogP contribution in [-0.4, -0.2) is 17.0 Å². The molecule has 0 aliphatic heterocycles. The molecular weight excluding hydrogens is 358 g/mol. The smallest absolute Gasteiger partial charge is 0.255 e. The van der Waals surface area contributed by atoms with Crippen LogP contribution in [0.15, 0.2) is 52.1 Å². The molecule has 0 atom stereocenters. The summed E-state index contributed by atoms with van der Waals surface area (Å²) in [7, 11) is 0. The van der Waals surface area contributed by atoms with Crippen molar-refractivity contribution < 1.29 is 10.0 Å². The van der Waals surface area contributed by atoms with Crippen LogP contribution < -0.4 is 11.1 Å². The molecule has 0 aromatic heterocycles. The van der Waals surface area contributed by atoms with Crippen LogP contribution in [0, 0.1) is 0 Å². The predicted molar refractivity (Wildman–Crippen MR) is 86.1 cm³/mol. The molecule has 0 heterocycles. The first kappa shape index (κ1) is 15.3. The van der Waals surface area contributed by atoms with Gasteiger partial charge in [0, 0.05) is 15.6 Å². The summed E-state index contributed by atoms with van der Waals surface area (Å²) >= 11 is 9.16. The molecule has 0 saturated carbocycles. The number of hydrogen-bond acceptors (Lipinski definition) is 3. The fourth-order valence-corrected chi connectivity index (χ4v) is 2.20. The van der Waals surface area contributed by atoms with Crippen molar-refractivity contribution in [2.45, 2.75) is 0 Å². The fraction of sp³-hybridized carbons (Fsp3) is 0. The van der Waals surface area contributed by atoms with Crippen LogP contribution in [0.3, 0.4) is 0 Å². The van der Waals surface area contributed by atoms with Crippen LogP contribution in [0.4, 0.5) is 5.69 Å². The monoisotopic (exact) mass is 367 g/mol. The summed E-state index contributed by atoms with van der Waals surface area (Å²) in [6, 6.07) is 11.6. The zero-order chi connectivity index (χ0) is 15.4. The molecule has 2 aromatic carbocycles. The Hall–Kier alpha value is -2.05. The summed E-state index contributed by atoms with van der Waals surface area (Å²) < 4.78 is 0.626. The molecule has 5 nitrogen and oxygen atoms in total. The van der Waals surface area contributed by atoms with Gasteiger partial charge in [-0.25, -0.2) is 0 Å². The molecule has 0 aliphatic carbocycles. The van der Waals surface area contributed by atoms with Crippen LogP contribution in [0.25, 0.3) is 0 Å². The lowest BCUT2D eigenvalue weighted by Crippen LogP contribution is -2.19. The van der Waals surface area contributed by atoms with E-state index in [4.69, 9.17) is 22.5 Å². The van der Waals surface area contributed by atoms with Crippen molar-refractivity contribution in [3.8, 4) is 0 Å². The second kappa shape index (κ2) is 6.60. The molecule has 7 heteroatoms. The molecule has 108 valence electrons. The number of para-hydroxylation sites is 1. The van der Waals surface area contributed by atoms with Gasteiger partial charge in [-0.05, 0) is 46.3 Å². The highest BCUT2D eigenvalue weighted by Gasteiger charge is 2.12. The Balaban J connectivity index is 2.30. The van der Waals surface area contributed by atoms with Gasteiger partial charge >= 0.3 is 0 Å². The quantitative estimate of drug-likeness (QED) is 0.335. The summed E-state index contributed by atoms with van der Waals surface area (Å²) in [5.41, 5.74) is 6.89. The van der Waals surface area contributed by atoms with E-state index in [0.717, 1.165) is 0 Å². The van der Waals surface area contributed by atoms with Gasteiger partial charge in [-0.3, -0.25) is 4.79 Å². The van der Waals surface area contributed by atoms with E-state index in [-0.39, 0.29) is 11.7 Å². The van der Waals surface area contributed by atoms with E-state index >= 15 is 0 Å². The molecule has 0 aliphatic rings. The fourth-order valence-electron chi connectivity index (χ4n) is 1.70. The maximum Gasteiger partial charge on any atom is 0.255 e. The number of oxime groups is 1. The van der Waals surface area contributed by atoms with Crippen molar-refractivity contribution in [3.05, 3.63) is 63.1 Å². The van der Waals surface area contributed by atoms with E-state index in [1.165, 1.54) is 0 Å². The molecule has 21 heavy (non-hydrogen) atoms. The summed E-state index contributed by atoms with van der Waals surface area (Å²) in [6.45, 7) is 0. The Bertz CT molecular complexity index is 719. The van der Waals surface area contributed by atoms with Crippen LogP contribution in [0.1, 0.15) is 15.9 Å². The molecule has 0 saturated heterocycles. The lowest BCUT2D eigenvalue weighted by molar-refractivity contribution is 0.102. The number of benzene rings is 2. The molecule has 4 N–H and O–H groups in total. The number of nitrogens with two attached hydrogens (primary N) is 1. The number of nitrogens with one attached hydrogen (secondary N) is 1. The van der Waals surface area contributed by atoms with Gasteiger partial charge in [0.15, 0.2) is 5.84 Å². The second-order valence-corrected chi connectivity index (χ2v) is 5.38. The van der Waals surface area contributed by atoms with E-state index in [0.29, 0.717) is 26.3 Å². The van der Waals surface area contributed by atoms with E-state index in [1.807, 2.05) is 0 Å². The minimum atomic E-state index is -0.328. The molecule has 0 bridgehead atoms. The minimum absolute atomic E-state index is 0.0804. The first-order chi connectivity index (χ1) is 10.0. The van der Waals surface area contributed by atoms with E-state index in [1.54, 1.807) is 42.5 Å². The van der Waals surface area contributed by atoms with Crippen molar-refractivity contribution in [1.82, 2.24) is 0 Å². The normalized spacial score (nSPS) is 11.2. The molecular formula is C14H11BrClN3O2. The lowest BCUT2D eigenvalue weighted by atomic mass is 10.1. The van der Waals surface area contributed by atoms with Crippen molar-refractivity contribution in [1.29, 1.82) is 0 Å². The van der Waals surface area contributed by atoms with Gasteiger partial charge in [0.05, 0.1) is 10.7 Å².